The Morgan fingerprint density at radius 3 is 2.59 bits per heavy atom. The minimum absolute atomic E-state index is 0.0330. The van der Waals surface area contributed by atoms with Crippen LogP contribution < -0.4 is 0 Å². The summed E-state index contributed by atoms with van der Waals surface area (Å²) < 4.78 is 0.994. The Balaban J connectivity index is 2.41. The van der Waals surface area contributed by atoms with Crippen LogP contribution in [0.2, 0.25) is 0 Å². The van der Waals surface area contributed by atoms with Crippen molar-refractivity contribution in [3.63, 3.8) is 0 Å². The van der Waals surface area contributed by atoms with Gasteiger partial charge in [-0.15, -0.1) is 36.6 Å². The number of hydrogen-bond donors (Lipinski definition) is 2. The average Bonchev–Trinajstić information content (AvgIpc) is 2.68. The second-order valence-electron chi connectivity index (χ2n) is 3.51. The standard InChI is InChI=1S/C11H9NO2S3/c13-9(15)5-6(11(14)16)10-12-7-3-1-2-4-8(7)17-10/h1-4,6H,5H2,(H,13,15)(H,14,16). The topological polar surface area (TPSA) is 47.0 Å². The molecule has 6 heteroatoms. The summed E-state index contributed by atoms with van der Waals surface area (Å²) in [6.45, 7) is 0. The second-order valence-corrected chi connectivity index (χ2v) is 5.51. The van der Waals surface area contributed by atoms with Crippen molar-refractivity contribution >= 4 is 57.0 Å². The lowest BCUT2D eigenvalue weighted by Crippen LogP contribution is -2.09. The molecule has 1 aromatic heterocycles. The van der Waals surface area contributed by atoms with Gasteiger partial charge in [-0.2, -0.15) is 0 Å². The van der Waals surface area contributed by atoms with Crippen molar-refractivity contribution in [3.8, 4) is 0 Å². The molecule has 1 atom stereocenters. The lowest BCUT2D eigenvalue weighted by atomic mass is 10.1. The van der Waals surface area contributed by atoms with Crippen molar-refractivity contribution in [2.75, 3.05) is 0 Å². The number of fused-ring (bicyclic) bond motifs is 1. The number of thiazole rings is 1. The van der Waals surface area contributed by atoms with Crippen LogP contribution in [0.3, 0.4) is 0 Å². The van der Waals surface area contributed by atoms with E-state index < -0.39 is 5.92 Å². The summed E-state index contributed by atoms with van der Waals surface area (Å²) in [5, 5.41) is -0.0725. The summed E-state index contributed by atoms with van der Waals surface area (Å²) >= 11 is 8.91. The highest BCUT2D eigenvalue weighted by atomic mass is 32.1. The third-order valence-electron chi connectivity index (χ3n) is 2.29. The number of benzene rings is 1. The molecule has 17 heavy (non-hydrogen) atoms. The Morgan fingerprint density at radius 2 is 2.00 bits per heavy atom. The lowest BCUT2D eigenvalue weighted by molar-refractivity contribution is -0.116. The summed E-state index contributed by atoms with van der Waals surface area (Å²) in [5.41, 5.74) is 0.832. The van der Waals surface area contributed by atoms with E-state index in [0.29, 0.717) is 5.01 Å². The molecule has 2 rings (SSSR count). The van der Waals surface area contributed by atoms with Crippen LogP contribution in [0.25, 0.3) is 10.2 Å². The molecular formula is C11H9NO2S3. The first kappa shape index (κ1) is 12.6. The molecule has 2 aromatic rings. The van der Waals surface area contributed by atoms with E-state index in [0.717, 1.165) is 10.2 Å². The number of carbonyl (C=O) groups excluding carboxylic acids is 2. The van der Waals surface area contributed by atoms with Crippen LogP contribution >= 0.6 is 36.6 Å². The highest BCUT2D eigenvalue weighted by Crippen LogP contribution is 2.31. The maximum absolute atomic E-state index is 11.4. The van der Waals surface area contributed by atoms with Crippen molar-refractivity contribution < 1.29 is 9.59 Å². The predicted molar refractivity (Wildman–Crippen MR) is 75.0 cm³/mol. The maximum atomic E-state index is 11.4. The molecule has 1 unspecified atom stereocenters. The normalized spacial score (nSPS) is 12.6. The van der Waals surface area contributed by atoms with Crippen LogP contribution in [0, 0.1) is 0 Å². The number of para-hydroxylation sites is 1. The SMILES string of the molecule is O=C(S)CC(C(=O)S)c1nc2ccccc2s1. The highest BCUT2D eigenvalue weighted by Gasteiger charge is 2.23. The monoisotopic (exact) mass is 283 g/mol. The van der Waals surface area contributed by atoms with Gasteiger partial charge in [0, 0.05) is 6.42 Å². The van der Waals surface area contributed by atoms with E-state index >= 15 is 0 Å². The fourth-order valence-electron chi connectivity index (χ4n) is 1.49. The first-order chi connectivity index (χ1) is 8.08. The molecule has 1 aromatic carbocycles. The molecular weight excluding hydrogens is 274 g/mol. The Morgan fingerprint density at radius 1 is 1.29 bits per heavy atom. The van der Waals surface area contributed by atoms with Gasteiger partial charge in [-0.05, 0) is 12.1 Å². The van der Waals surface area contributed by atoms with Crippen LogP contribution in [0.5, 0.6) is 0 Å². The third kappa shape index (κ3) is 2.88. The van der Waals surface area contributed by atoms with Gasteiger partial charge in [0.1, 0.15) is 5.01 Å². The van der Waals surface area contributed by atoms with Gasteiger partial charge in [-0.25, -0.2) is 4.98 Å². The van der Waals surface area contributed by atoms with E-state index in [1.165, 1.54) is 11.3 Å². The number of hydrogen-bond acceptors (Lipinski definition) is 4. The van der Waals surface area contributed by atoms with Gasteiger partial charge in [-0.3, -0.25) is 9.59 Å². The lowest BCUT2D eigenvalue weighted by Gasteiger charge is -2.06. The Hall–Kier alpha value is -0.850. The smallest absolute Gasteiger partial charge is 0.196 e. The van der Waals surface area contributed by atoms with Crippen LogP contribution in [-0.2, 0) is 9.59 Å². The molecule has 0 fully saturated rings. The van der Waals surface area contributed by atoms with Crippen LogP contribution in [0.4, 0.5) is 0 Å². The molecule has 0 aliphatic heterocycles. The zero-order valence-electron chi connectivity index (χ0n) is 8.66. The molecule has 0 aliphatic carbocycles. The van der Waals surface area contributed by atoms with Gasteiger partial charge >= 0.3 is 0 Å². The number of aromatic nitrogens is 1. The molecule has 0 saturated carbocycles. The number of carbonyl (C=O) groups is 2. The summed E-state index contributed by atoms with van der Waals surface area (Å²) in [6, 6.07) is 7.59. The van der Waals surface area contributed by atoms with E-state index in [-0.39, 0.29) is 16.7 Å². The van der Waals surface area contributed by atoms with Gasteiger partial charge in [0.25, 0.3) is 0 Å². The van der Waals surface area contributed by atoms with Gasteiger partial charge in [0.2, 0.25) is 0 Å². The molecule has 0 bridgehead atoms. The predicted octanol–water partition coefficient (Wildman–Crippen LogP) is 2.68. The van der Waals surface area contributed by atoms with Crippen molar-refractivity contribution in [3.05, 3.63) is 29.3 Å². The summed E-state index contributed by atoms with van der Waals surface area (Å²) in [4.78, 5) is 26.8. The first-order valence-corrected chi connectivity index (χ1v) is 6.59. The summed E-state index contributed by atoms with van der Waals surface area (Å²) in [7, 11) is 0. The molecule has 0 N–H and O–H groups in total. The zero-order chi connectivity index (χ0) is 12.4. The van der Waals surface area contributed by atoms with Gasteiger partial charge in [0.15, 0.2) is 10.2 Å². The van der Waals surface area contributed by atoms with E-state index in [1.54, 1.807) is 0 Å². The fraction of sp³-hybridized carbons (Fsp3) is 0.182. The number of rotatable bonds is 4. The minimum atomic E-state index is -0.597. The van der Waals surface area contributed by atoms with Gasteiger partial charge < -0.3 is 0 Å². The molecule has 0 saturated heterocycles. The quantitative estimate of drug-likeness (QED) is 0.848. The zero-order valence-corrected chi connectivity index (χ0v) is 11.3. The van der Waals surface area contributed by atoms with Gasteiger partial charge in [0.05, 0.1) is 16.1 Å². The number of thiol groups is 2. The molecule has 3 nitrogen and oxygen atoms in total. The van der Waals surface area contributed by atoms with Crippen molar-refractivity contribution in [2.45, 2.75) is 12.3 Å². The Kier molecular flexibility index (Phi) is 3.86. The van der Waals surface area contributed by atoms with E-state index in [4.69, 9.17) is 0 Å². The second kappa shape index (κ2) is 5.20. The maximum Gasteiger partial charge on any atom is 0.196 e. The van der Waals surface area contributed by atoms with Crippen molar-refractivity contribution in [2.24, 2.45) is 0 Å². The molecule has 0 aliphatic rings. The molecule has 0 spiro atoms. The molecule has 1 heterocycles. The first-order valence-electron chi connectivity index (χ1n) is 4.88. The van der Waals surface area contributed by atoms with Gasteiger partial charge in [-0.1, -0.05) is 12.1 Å². The van der Waals surface area contributed by atoms with Crippen LogP contribution in [0.15, 0.2) is 24.3 Å². The van der Waals surface area contributed by atoms with Crippen LogP contribution in [0.1, 0.15) is 17.3 Å². The van der Waals surface area contributed by atoms with E-state index in [2.05, 4.69) is 30.2 Å². The largest absolute Gasteiger partial charge is 0.287 e. The number of nitrogens with zero attached hydrogens (tertiary/aromatic N) is 1. The summed E-state index contributed by atoms with van der Waals surface area (Å²) in [6.07, 6.45) is 0.0330. The fourth-order valence-corrected chi connectivity index (χ4v) is 3.04. The van der Waals surface area contributed by atoms with E-state index in [9.17, 15) is 9.59 Å². The summed E-state index contributed by atoms with van der Waals surface area (Å²) in [5.74, 6) is -0.597. The molecule has 0 amide bonds. The Labute approximate surface area is 113 Å². The highest BCUT2D eigenvalue weighted by molar-refractivity contribution is 7.97. The molecule has 88 valence electrons. The van der Waals surface area contributed by atoms with Crippen molar-refractivity contribution in [1.82, 2.24) is 4.98 Å². The minimum Gasteiger partial charge on any atom is -0.287 e. The van der Waals surface area contributed by atoms with Crippen molar-refractivity contribution in [1.29, 1.82) is 0 Å². The Bertz CT molecular complexity index is 546. The third-order valence-corrected chi connectivity index (χ3v) is 3.93. The van der Waals surface area contributed by atoms with Crippen LogP contribution in [-0.4, -0.2) is 15.2 Å². The van der Waals surface area contributed by atoms with E-state index in [1.807, 2.05) is 24.3 Å². The average molecular weight is 283 g/mol. The molecule has 0 radical (unpaired) electrons.